The number of esters is 1. The number of rotatable bonds is 5. The Kier molecular flexibility index (Phi) is 4.88. The Morgan fingerprint density at radius 1 is 1.48 bits per heavy atom. The zero-order chi connectivity index (χ0) is 15.5. The molecule has 2 unspecified atom stereocenters. The molecule has 4 nitrogen and oxygen atoms in total. The van der Waals surface area contributed by atoms with Gasteiger partial charge in [0.05, 0.1) is 7.11 Å². The summed E-state index contributed by atoms with van der Waals surface area (Å²) in [5, 5.41) is 0. The van der Waals surface area contributed by atoms with Crippen molar-refractivity contribution in [2.24, 2.45) is 5.73 Å². The maximum Gasteiger partial charge on any atom is 0.325 e. The summed E-state index contributed by atoms with van der Waals surface area (Å²) in [5.74, 6) is -0.338. The number of ether oxygens (including phenoxy) is 1. The van der Waals surface area contributed by atoms with Crippen molar-refractivity contribution in [3.63, 3.8) is 0 Å². The van der Waals surface area contributed by atoms with Gasteiger partial charge in [0.1, 0.15) is 5.54 Å². The Morgan fingerprint density at radius 2 is 2.19 bits per heavy atom. The lowest BCUT2D eigenvalue weighted by Crippen LogP contribution is -2.46. The zero-order valence-corrected chi connectivity index (χ0v) is 13.3. The van der Waals surface area contributed by atoms with Crippen LogP contribution in [0.4, 0.5) is 5.69 Å². The molecule has 0 saturated heterocycles. The minimum absolute atomic E-state index is 0.338. The fourth-order valence-corrected chi connectivity index (χ4v) is 3.05. The van der Waals surface area contributed by atoms with Gasteiger partial charge < -0.3 is 15.4 Å². The molecular weight excluding hydrogens is 264 g/mol. The molecular formula is C17H26N2O2. The van der Waals surface area contributed by atoms with Gasteiger partial charge >= 0.3 is 5.97 Å². The van der Waals surface area contributed by atoms with Crippen LogP contribution in [0.3, 0.4) is 0 Å². The lowest BCUT2D eigenvalue weighted by Gasteiger charge is -2.37. The van der Waals surface area contributed by atoms with Crippen LogP contribution in [-0.4, -0.2) is 31.2 Å². The first-order valence-corrected chi connectivity index (χ1v) is 7.67. The zero-order valence-electron chi connectivity index (χ0n) is 13.3. The van der Waals surface area contributed by atoms with Crippen LogP contribution in [0.2, 0.25) is 0 Å². The number of carbonyl (C=O) groups is 1. The van der Waals surface area contributed by atoms with E-state index in [4.69, 9.17) is 10.5 Å². The van der Waals surface area contributed by atoms with Crippen LogP contribution in [-0.2, 0) is 16.0 Å². The summed E-state index contributed by atoms with van der Waals surface area (Å²) in [6.07, 6.45) is 3.82. The number of aryl methyl sites for hydroxylation is 1. The third-order valence-corrected chi connectivity index (χ3v) is 4.41. The maximum absolute atomic E-state index is 11.6. The van der Waals surface area contributed by atoms with E-state index in [-0.39, 0.29) is 5.97 Å². The van der Waals surface area contributed by atoms with Gasteiger partial charge in [0.15, 0.2) is 0 Å². The van der Waals surface area contributed by atoms with Gasteiger partial charge in [-0.25, -0.2) is 0 Å². The lowest BCUT2D eigenvalue weighted by atomic mass is 9.94. The SMILES string of the molecule is COC(=O)C(C)(N)CCCN1c2ccccc2CCC1C. The van der Waals surface area contributed by atoms with Crippen molar-refractivity contribution >= 4 is 11.7 Å². The highest BCUT2D eigenvalue weighted by molar-refractivity contribution is 5.79. The van der Waals surface area contributed by atoms with E-state index in [1.807, 2.05) is 0 Å². The Labute approximate surface area is 127 Å². The molecule has 0 aromatic heterocycles. The van der Waals surface area contributed by atoms with Gasteiger partial charge in [-0.3, -0.25) is 4.79 Å². The number of carbonyl (C=O) groups excluding carboxylic acids is 1. The molecule has 116 valence electrons. The molecule has 0 spiro atoms. The third-order valence-electron chi connectivity index (χ3n) is 4.41. The minimum Gasteiger partial charge on any atom is -0.468 e. The molecule has 2 N–H and O–H groups in total. The number of anilines is 1. The van der Waals surface area contributed by atoms with Gasteiger partial charge in [-0.1, -0.05) is 18.2 Å². The van der Waals surface area contributed by atoms with Gasteiger partial charge in [0.25, 0.3) is 0 Å². The van der Waals surface area contributed by atoms with Gasteiger partial charge in [-0.15, -0.1) is 0 Å². The summed E-state index contributed by atoms with van der Waals surface area (Å²) in [5.41, 5.74) is 7.87. The topological polar surface area (TPSA) is 55.6 Å². The largest absolute Gasteiger partial charge is 0.468 e. The maximum atomic E-state index is 11.6. The fourth-order valence-electron chi connectivity index (χ4n) is 3.05. The van der Waals surface area contributed by atoms with Crippen molar-refractivity contribution in [2.45, 2.75) is 51.1 Å². The van der Waals surface area contributed by atoms with Crippen LogP contribution in [0.1, 0.15) is 38.7 Å². The van der Waals surface area contributed by atoms with Crippen molar-refractivity contribution in [3.05, 3.63) is 29.8 Å². The second-order valence-electron chi connectivity index (χ2n) is 6.22. The van der Waals surface area contributed by atoms with Gasteiger partial charge in [0.2, 0.25) is 0 Å². The molecule has 1 aliphatic rings. The minimum atomic E-state index is -0.896. The predicted octanol–water partition coefficient (Wildman–Crippen LogP) is 2.50. The summed E-state index contributed by atoms with van der Waals surface area (Å²) in [7, 11) is 1.39. The molecule has 0 fully saturated rings. The number of nitrogens with zero attached hydrogens (tertiary/aromatic N) is 1. The number of para-hydroxylation sites is 1. The van der Waals surface area contributed by atoms with E-state index < -0.39 is 5.54 Å². The van der Waals surface area contributed by atoms with E-state index in [2.05, 4.69) is 36.1 Å². The highest BCUT2D eigenvalue weighted by Gasteiger charge is 2.30. The molecule has 0 saturated carbocycles. The van der Waals surface area contributed by atoms with E-state index in [0.717, 1.165) is 19.4 Å². The van der Waals surface area contributed by atoms with Crippen LogP contribution in [0.25, 0.3) is 0 Å². The van der Waals surface area contributed by atoms with Gasteiger partial charge in [-0.05, 0) is 51.2 Å². The molecule has 1 aliphatic heterocycles. The summed E-state index contributed by atoms with van der Waals surface area (Å²) in [6.45, 7) is 4.92. The van der Waals surface area contributed by atoms with Crippen molar-refractivity contribution in [3.8, 4) is 0 Å². The standard InChI is InChI=1S/C17H26N2O2/c1-13-9-10-14-7-4-5-8-15(14)19(13)12-6-11-17(2,18)16(20)21-3/h4-5,7-8,13H,6,9-12,18H2,1-3H3. The van der Waals surface area contributed by atoms with Crippen molar-refractivity contribution in [1.82, 2.24) is 0 Å². The van der Waals surface area contributed by atoms with Crippen molar-refractivity contribution < 1.29 is 9.53 Å². The molecule has 1 aromatic carbocycles. The first-order valence-electron chi connectivity index (χ1n) is 7.67. The van der Waals surface area contributed by atoms with Crippen LogP contribution in [0.15, 0.2) is 24.3 Å². The number of hydrogen-bond acceptors (Lipinski definition) is 4. The van der Waals surface area contributed by atoms with Crippen LogP contribution < -0.4 is 10.6 Å². The van der Waals surface area contributed by atoms with Crippen LogP contribution in [0, 0.1) is 0 Å². The van der Waals surface area contributed by atoms with E-state index in [1.165, 1.54) is 24.8 Å². The second-order valence-corrected chi connectivity index (χ2v) is 6.22. The fraction of sp³-hybridized carbons (Fsp3) is 0.588. The summed E-state index contributed by atoms with van der Waals surface area (Å²) >= 11 is 0. The number of methoxy groups -OCH3 is 1. The molecule has 0 aliphatic carbocycles. The summed E-state index contributed by atoms with van der Waals surface area (Å²) in [6, 6.07) is 9.11. The Balaban J connectivity index is 1.99. The molecule has 21 heavy (non-hydrogen) atoms. The molecule has 2 atom stereocenters. The predicted molar refractivity (Wildman–Crippen MR) is 85.4 cm³/mol. The van der Waals surface area contributed by atoms with E-state index in [0.29, 0.717) is 12.5 Å². The molecule has 4 heteroatoms. The summed E-state index contributed by atoms with van der Waals surface area (Å²) < 4.78 is 4.76. The van der Waals surface area contributed by atoms with Crippen molar-refractivity contribution in [1.29, 1.82) is 0 Å². The lowest BCUT2D eigenvalue weighted by molar-refractivity contribution is -0.146. The van der Waals surface area contributed by atoms with Gasteiger partial charge in [-0.2, -0.15) is 0 Å². The van der Waals surface area contributed by atoms with Crippen LogP contribution in [0.5, 0.6) is 0 Å². The molecule has 0 amide bonds. The number of hydrogen-bond donors (Lipinski definition) is 1. The third kappa shape index (κ3) is 3.56. The quantitative estimate of drug-likeness (QED) is 0.847. The second kappa shape index (κ2) is 6.48. The van der Waals surface area contributed by atoms with Gasteiger partial charge in [0, 0.05) is 18.3 Å². The average molecular weight is 290 g/mol. The normalized spacial score (nSPS) is 20.6. The number of nitrogens with two attached hydrogens (primary N) is 1. The highest BCUT2D eigenvalue weighted by atomic mass is 16.5. The first kappa shape index (κ1) is 15.8. The molecule has 1 aromatic rings. The molecule has 0 bridgehead atoms. The molecule has 2 rings (SSSR count). The Bertz CT molecular complexity index is 499. The molecule has 1 heterocycles. The van der Waals surface area contributed by atoms with E-state index in [1.54, 1.807) is 6.92 Å². The number of benzene rings is 1. The smallest absolute Gasteiger partial charge is 0.325 e. The Hall–Kier alpha value is -1.55. The molecule has 0 radical (unpaired) electrons. The van der Waals surface area contributed by atoms with E-state index in [9.17, 15) is 4.79 Å². The van der Waals surface area contributed by atoms with Crippen LogP contribution >= 0.6 is 0 Å². The Morgan fingerprint density at radius 3 is 2.90 bits per heavy atom. The summed E-state index contributed by atoms with van der Waals surface area (Å²) in [4.78, 5) is 14.1. The first-order chi connectivity index (χ1) is 9.95. The number of fused-ring (bicyclic) bond motifs is 1. The average Bonchev–Trinajstić information content (AvgIpc) is 2.48. The monoisotopic (exact) mass is 290 g/mol. The van der Waals surface area contributed by atoms with Crippen molar-refractivity contribution in [2.75, 3.05) is 18.6 Å². The van der Waals surface area contributed by atoms with E-state index >= 15 is 0 Å². The highest BCUT2D eigenvalue weighted by Crippen LogP contribution is 2.30.